The number of imidazole rings is 2. The summed E-state index contributed by atoms with van der Waals surface area (Å²) in [6, 6.07) is 35.3. The topological polar surface area (TPSA) is 151 Å². The molecule has 0 radical (unpaired) electrons. The van der Waals surface area contributed by atoms with Crippen LogP contribution in [-0.2, 0) is 11.2 Å². The van der Waals surface area contributed by atoms with Gasteiger partial charge in [-0.2, -0.15) is 0 Å². The molecule has 6 aromatic heterocycles. The number of benzene rings is 2. The van der Waals surface area contributed by atoms with Gasteiger partial charge in [-0.1, -0.05) is 36.4 Å². The van der Waals surface area contributed by atoms with Gasteiger partial charge in [0.25, 0.3) is 0 Å². The minimum absolute atomic E-state index is 0.168. The normalized spacial score (nSPS) is 18.8. The van der Waals surface area contributed by atoms with Crippen LogP contribution in [0, 0.1) is 6.92 Å². The SMILES string of the molecule is Cc1cccc(-c2nc3n(c2-c2ccnc(-c4ccc(C(=O)OCCc5cccc(-c6nc7n(c6-c6ccnc(-c8ccc(C(=O)O)cc8)c6)C6CCC7C6)n5)cc4)c2)C2CCC3C2)n1. The van der Waals surface area contributed by atoms with E-state index >= 15 is 0 Å². The lowest BCUT2D eigenvalue weighted by molar-refractivity contribution is 0.0508. The van der Waals surface area contributed by atoms with Gasteiger partial charge in [-0.05, 0) is 118 Å². The van der Waals surface area contributed by atoms with Gasteiger partial charge in [-0.25, -0.2) is 19.6 Å². The number of pyridine rings is 4. The molecule has 2 fully saturated rings. The lowest BCUT2D eigenvalue weighted by atomic mass is 10.0. The molecule has 8 aromatic rings. The van der Waals surface area contributed by atoms with Crippen LogP contribution in [0.3, 0.4) is 0 Å². The van der Waals surface area contributed by atoms with E-state index in [9.17, 15) is 14.7 Å². The smallest absolute Gasteiger partial charge is 0.338 e. The van der Waals surface area contributed by atoms with Crippen LogP contribution in [0.4, 0.5) is 0 Å². The molecule has 12 heteroatoms. The predicted octanol–water partition coefficient (Wildman–Crippen LogP) is 10.7. The Labute approximate surface area is 375 Å². The number of carbonyl (C=O) groups is 2. The van der Waals surface area contributed by atoms with E-state index in [4.69, 9.17) is 29.7 Å². The summed E-state index contributed by atoms with van der Waals surface area (Å²) in [4.78, 5) is 54.6. The average Bonchev–Trinajstić information content (AvgIpc) is 4.21. The highest BCUT2D eigenvalue weighted by molar-refractivity contribution is 5.90. The van der Waals surface area contributed by atoms with Crippen LogP contribution in [0.25, 0.3) is 67.8 Å². The van der Waals surface area contributed by atoms with E-state index in [1.54, 1.807) is 42.6 Å². The van der Waals surface area contributed by atoms with Gasteiger partial charge in [0.05, 0.1) is 51.9 Å². The fourth-order valence-electron chi connectivity index (χ4n) is 10.8. The van der Waals surface area contributed by atoms with E-state index in [1.165, 1.54) is 18.7 Å². The fourth-order valence-corrected chi connectivity index (χ4v) is 10.8. The monoisotopic (exact) mass is 856 g/mol. The molecule has 0 saturated heterocycles. The highest BCUT2D eigenvalue weighted by atomic mass is 16.5. The van der Waals surface area contributed by atoms with Gasteiger partial charge in [-0.3, -0.25) is 19.9 Å². The number of aromatic nitrogens is 8. The summed E-state index contributed by atoms with van der Waals surface area (Å²) in [7, 11) is 0. The predicted molar refractivity (Wildman–Crippen MR) is 245 cm³/mol. The van der Waals surface area contributed by atoms with Gasteiger partial charge in [0.1, 0.15) is 23.0 Å². The van der Waals surface area contributed by atoms with Gasteiger partial charge in [0.15, 0.2) is 0 Å². The van der Waals surface area contributed by atoms with Crippen molar-refractivity contribution in [1.82, 2.24) is 39.0 Å². The number of nitrogens with zero attached hydrogens (tertiary/aromatic N) is 8. The number of carboxylic acids is 1. The molecule has 2 saturated carbocycles. The average molecular weight is 857 g/mol. The lowest BCUT2D eigenvalue weighted by Crippen LogP contribution is -2.09. The van der Waals surface area contributed by atoms with Gasteiger partial charge in [-0.15, -0.1) is 0 Å². The Hall–Kier alpha value is -7.60. The van der Waals surface area contributed by atoms with Crippen LogP contribution >= 0.6 is 0 Å². The number of ether oxygens (including phenoxy) is 1. The summed E-state index contributed by atoms with van der Waals surface area (Å²) in [6.07, 6.45) is 10.9. The van der Waals surface area contributed by atoms with Gasteiger partial charge >= 0.3 is 11.9 Å². The Morgan fingerprint density at radius 3 is 1.69 bits per heavy atom. The summed E-state index contributed by atoms with van der Waals surface area (Å²) in [5, 5.41) is 9.41. The molecule has 0 amide bonds. The van der Waals surface area contributed by atoms with Crippen molar-refractivity contribution in [2.75, 3.05) is 6.61 Å². The largest absolute Gasteiger partial charge is 0.478 e. The minimum atomic E-state index is -0.964. The third kappa shape index (κ3) is 6.82. The van der Waals surface area contributed by atoms with Gasteiger partial charge < -0.3 is 19.0 Å². The molecule has 12 nitrogen and oxygen atoms in total. The van der Waals surface area contributed by atoms with E-state index in [-0.39, 0.29) is 12.2 Å². The first-order chi connectivity index (χ1) is 31.8. The van der Waals surface area contributed by atoms with Crippen LogP contribution < -0.4 is 0 Å². The zero-order valence-electron chi connectivity index (χ0n) is 35.8. The number of esters is 1. The number of hydrogen-bond acceptors (Lipinski definition) is 9. The van der Waals surface area contributed by atoms with Gasteiger partial charge in [0.2, 0.25) is 0 Å². The number of aryl methyl sites for hydroxylation is 1. The maximum atomic E-state index is 13.4. The molecule has 2 aromatic carbocycles. The molecule has 4 atom stereocenters. The van der Waals surface area contributed by atoms with Crippen molar-refractivity contribution in [3.8, 4) is 67.8 Å². The number of hydrogen-bond donors (Lipinski definition) is 1. The van der Waals surface area contributed by atoms with E-state index in [2.05, 4.69) is 26.3 Å². The molecule has 8 heterocycles. The first-order valence-electron chi connectivity index (χ1n) is 22.5. The zero-order valence-corrected chi connectivity index (χ0v) is 35.8. The second kappa shape index (κ2) is 15.6. The van der Waals surface area contributed by atoms with Crippen molar-refractivity contribution in [3.05, 3.63) is 156 Å². The molecule has 1 N–H and O–H groups in total. The second-order valence-corrected chi connectivity index (χ2v) is 17.8. The number of aromatic carboxylic acids is 1. The van der Waals surface area contributed by atoms with E-state index in [0.29, 0.717) is 35.9 Å². The maximum Gasteiger partial charge on any atom is 0.338 e. The summed E-state index contributed by atoms with van der Waals surface area (Å²) in [5.41, 5.74) is 13.3. The van der Waals surface area contributed by atoms with Crippen LogP contribution in [0.15, 0.2) is 122 Å². The van der Waals surface area contributed by atoms with Crippen molar-refractivity contribution < 1.29 is 19.4 Å². The Balaban J connectivity index is 0.758. The van der Waals surface area contributed by atoms with Crippen molar-refractivity contribution in [3.63, 3.8) is 0 Å². The van der Waals surface area contributed by atoms with Crippen molar-refractivity contribution >= 4 is 11.9 Å². The molecule has 12 rings (SSSR count). The summed E-state index contributed by atoms with van der Waals surface area (Å²) >= 11 is 0. The number of rotatable bonds is 11. The highest BCUT2D eigenvalue weighted by Crippen LogP contribution is 2.54. The minimum Gasteiger partial charge on any atom is -0.478 e. The molecule has 4 aliphatic rings. The Morgan fingerprint density at radius 2 is 1.14 bits per heavy atom. The Bertz CT molecular complexity index is 3190. The van der Waals surface area contributed by atoms with E-state index in [1.807, 2.05) is 73.8 Å². The van der Waals surface area contributed by atoms with E-state index in [0.717, 1.165) is 111 Å². The van der Waals surface area contributed by atoms with Crippen molar-refractivity contribution in [2.45, 2.75) is 75.8 Å². The van der Waals surface area contributed by atoms with Crippen LogP contribution in [-0.4, -0.2) is 62.7 Å². The molecular weight excluding hydrogens is 813 g/mol. The summed E-state index contributed by atoms with van der Waals surface area (Å²) < 4.78 is 10.7. The zero-order chi connectivity index (χ0) is 43.8. The molecule has 2 aliphatic carbocycles. The molecule has 65 heavy (non-hydrogen) atoms. The molecule has 4 bridgehead atoms. The third-order valence-electron chi connectivity index (χ3n) is 13.8. The maximum absolute atomic E-state index is 13.4. The quantitative estimate of drug-likeness (QED) is 0.124. The first-order valence-corrected chi connectivity index (χ1v) is 22.5. The molecular formula is C53H44N8O4. The molecule has 2 aliphatic heterocycles. The molecule has 0 spiro atoms. The standard InChI is InChI=1S/C53H44N8O4/c1-30-4-2-6-42(56-30)46-48(60-40-18-16-37(26-40)50(60)58-46)35-20-23-55-45(28-35)32-10-14-34(15-11-32)53(64)65-25-22-39-5-3-7-43(57-39)47-49(61-41-19-17-38(27-41)51(61)59-47)36-21-24-54-44(29-36)31-8-12-33(13-9-31)52(62)63/h2-15,20-21,23-24,28-29,37-38,40-41H,16-19,22,25-27H2,1H3,(H,62,63). The fraction of sp³-hybridized carbons (Fsp3) is 0.245. The molecule has 4 unspecified atom stereocenters. The van der Waals surface area contributed by atoms with Gasteiger partial charge in [0, 0.05) is 76.4 Å². The Morgan fingerprint density at radius 1 is 0.600 bits per heavy atom. The number of fused-ring (bicyclic) bond motifs is 10. The second-order valence-electron chi connectivity index (χ2n) is 17.8. The first kappa shape index (κ1) is 39.0. The third-order valence-corrected chi connectivity index (χ3v) is 13.8. The highest BCUT2D eigenvalue weighted by Gasteiger charge is 2.43. The Kier molecular flexibility index (Phi) is 9.36. The van der Waals surface area contributed by atoms with Crippen molar-refractivity contribution in [1.29, 1.82) is 0 Å². The summed E-state index contributed by atoms with van der Waals surface area (Å²) in [5.74, 6) is 1.82. The number of carboxylic acid groups (broad SMARTS) is 1. The van der Waals surface area contributed by atoms with Crippen LogP contribution in [0.2, 0.25) is 0 Å². The number of carbonyl (C=O) groups excluding carboxylic acids is 1. The lowest BCUT2D eigenvalue weighted by Gasteiger charge is -2.18. The van der Waals surface area contributed by atoms with E-state index < -0.39 is 11.9 Å². The van der Waals surface area contributed by atoms with Crippen LogP contribution in [0.5, 0.6) is 0 Å². The summed E-state index contributed by atoms with van der Waals surface area (Å²) in [6.45, 7) is 2.18. The van der Waals surface area contributed by atoms with Crippen molar-refractivity contribution in [2.24, 2.45) is 0 Å². The molecule has 320 valence electrons. The van der Waals surface area contributed by atoms with Crippen LogP contribution in [0.1, 0.15) is 106 Å².